The number of unbranched alkanes of at least 4 members (excludes halogenated alkanes) is 1. The second-order valence-electron chi connectivity index (χ2n) is 10.2. The summed E-state index contributed by atoms with van der Waals surface area (Å²) in [6.45, 7) is 4.77. The first kappa shape index (κ1) is 29.4. The topological polar surface area (TPSA) is 70.7 Å². The van der Waals surface area contributed by atoms with Gasteiger partial charge in [-0.1, -0.05) is 25.5 Å². The zero-order valence-electron chi connectivity index (χ0n) is 23.1. The van der Waals surface area contributed by atoms with Crippen LogP contribution in [0.25, 0.3) is 10.9 Å². The van der Waals surface area contributed by atoms with Crippen LogP contribution in [0.1, 0.15) is 54.5 Å². The fourth-order valence-corrected chi connectivity index (χ4v) is 5.42. The van der Waals surface area contributed by atoms with Crippen LogP contribution in [0.2, 0.25) is 0 Å². The van der Waals surface area contributed by atoms with E-state index in [9.17, 15) is 23.2 Å². The van der Waals surface area contributed by atoms with E-state index in [1.54, 1.807) is 25.4 Å². The van der Waals surface area contributed by atoms with E-state index in [1.165, 1.54) is 9.47 Å². The van der Waals surface area contributed by atoms with E-state index in [2.05, 4.69) is 11.0 Å². The van der Waals surface area contributed by atoms with Crippen molar-refractivity contribution in [3.63, 3.8) is 0 Å². The Morgan fingerprint density at radius 1 is 1.18 bits per heavy atom. The molecule has 0 amide bonds. The smallest absolute Gasteiger partial charge is 0.418 e. The lowest BCUT2D eigenvalue weighted by Crippen LogP contribution is -2.39. The van der Waals surface area contributed by atoms with Gasteiger partial charge in [-0.2, -0.15) is 18.4 Å². The lowest BCUT2D eigenvalue weighted by atomic mass is 10.00. The Kier molecular flexibility index (Phi) is 9.38. The summed E-state index contributed by atoms with van der Waals surface area (Å²) in [5.74, 6) is 0.650. The molecule has 0 spiro atoms. The SMILES string of the molecule is CCCCOC(=O)n1ccc2c(CN3CCCN(CC(F)(F)F)CC3c3ccc(C#N)cc3)c(OC)cc(C)c21. The van der Waals surface area contributed by atoms with E-state index >= 15 is 0 Å². The number of carbonyl (C=O) groups excluding carboxylic acids is 1. The third-order valence-electron chi connectivity index (χ3n) is 7.35. The zero-order chi connectivity index (χ0) is 28.9. The molecule has 1 saturated heterocycles. The van der Waals surface area contributed by atoms with Gasteiger partial charge in [0.1, 0.15) is 5.75 Å². The molecule has 10 heteroatoms. The summed E-state index contributed by atoms with van der Waals surface area (Å²) >= 11 is 0. The standard InChI is InChI=1S/C30H35F3N4O3/c1-4-5-15-40-29(38)37-14-11-24-25(27(39-3)16-21(2)28(24)37)18-36-13-6-12-35(20-30(31,32)33)19-26(36)23-9-7-22(17-34)8-10-23/h7-11,14,16,26H,4-6,12-13,15,18-20H2,1-3H3. The van der Waals surface area contributed by atoms with Crippen LogP contribution >= 0.6 is 0 Å². The number of alkyl halides is 3. The Balaban J connectivity index is 1.73. The number of methoxy groups -OCH3 is 1. The molecule has 1 aromatic heterocycles. The lowest BCUT2D eigenvalue weighted by Gasteiger charge is -2.33. The Morgan fingerprint density at radius 3 is 2.58 bits per heavy atom. The number of rotatable bonds is 8. The van der Waals surface area contributed by atoms with E-state index in [1.807, 2.05) is 38.1 Å². The first-order valence-electron chi connectivity index (χ1n) is 13.5. The highest BCUT2D eigenvalue weighted by Crippen LogP contribution is 2.36. The average Bonchev–Trinajstić information content (AvgIpc) is 3.28. The Hall–Kier alpha value is -3.55. The molecule has 0 bridgehead atoms. The van der Waals surface area contributed by atoms with Gasteiger partial charge in [0.15, 0.2) is 0 Å². The van der Waals surface area contributed by atoms with Gasteiger partial charge in [0.05, 0.1) is 37.4 Å². The first-order valence-corrected chi connectivity index (χ1v) is 13.5. The van der Waals surface area contributed by atoms with Crippen LogP contribution in [0, 0.1) is 18.3 Å². The third kappa shape index (κ3) is 6.77. The summed E-state index contributed by atoms with van der Waals surface area (Å²) in [6, 6.07) is 12.5. The van der Waals surface area contributed by atoms with Gasteiger partial charge in [0, 0.05) is 42.8 Å². The van der Waals surface area contributed by atoms with Crippen molar-refractivity contribution in [2.24, 2.45) is 0 Å². The maximum Gasteiger partial charge on any atom is 0.418 e. The third-order valence-corrected chi connectivity index (χ3v) is 7.35. The van der Waals surface area contributed by atoms with Gasteiger partial charge < -0.3 is 9.47 Å². The van der Waals surface area contributed by atoms with Crippen molar-refractivity contribution < 1.29 is 27.4 Å². The number of benzene rings is 2. The summed E-state index contributed by atoms with van der Waals surface area (Å²) in [5.41, 5.74) is 3.76. The van der Waals surface area contributed by atoms with E-state index in [4.69, 9.17) is 9.47 Å². The van der Waals surface area contributed by atoms with Gasteiger partial charge in [-0.15, -0.1) is 0 Å². The van der Waals surface area contributed by atoms with Gasteiger partial charge in [-0.05, 0) is 61.7 Å². The number of hydrogen-bond donors (Lipinski definition) is 0. The van der Waals surface area contributed by atoms with Gasteiger partial charge in [-0.25, -0.2) is 4.79 Å². The van der Waals surface area contributed by atoms with Crippen LogP contribution in [-0.4, -0.2) is 66.5 Å². The molecule has 1 atom stereocenters. The van der Waals surface area contributed by atoms with Crippen LogP contribution in [0.15, 0.2) is 42.6 Å². The van der Waals surface area contributed by atoms with Crippen LogP contribution in [-0.2, 0) is 11.3 Å². The molecule has 2 aromatic carbocycles. The van der Waals surface area contributed by atoms with Crippen molar-refractivity contribution in [3.8, 4) is 11.8 Å². The number of ether oxygens (including phenoxy) is 2. The lowest BCUT2D eigenvalue weighted by molar-refractivity contribution is -0.146. The molecule has 0 saturated carbocycles. The fraction of sp³-hybridized carbons (Fsp3) is 0.467. The predicted molar refractivity (Wildman–Crippen MR) is 146 cm³/mol. The van der Waals surface area contributed by atoms with Gasteiger partial charge >= 0.3 is 12.3 Å². The molecule has 40 heavy (non-hydrogen) atoms. The summed E-state index contributed by atoms with van der Waals surface area (Å²) in [4.78, 5) is 16.5. The molecule has 0 aliphatic carbocycles. The number of fused-ring (bicyclic) bond motifs is 1. The molecule has 7 nitrogen and oxygen atoms in total. The summed E-state index contributed by atoms with van der Waals surface area (Å²) in [7, 11) is 1.59. The maximum absolute atomic E-state index is 13.4. The zero-order valence-corrected chi connectivity index (χ0v) is 23.1. The van der Waals surface area contributed by atoms with Crippen molar-refractivity contribution in [3.05, 3.63) is 64.8 Å². The number of hydrogen-bond acceptors (Lipinski definition) is 6. The number of halogens is 3. The minimum Gasteiger partial charge on any atom is -0.496 e. The molecular formula is C30H35F3N4O3. The van der Waals surface area contributed by atoms with Crippen molar-refractivity contribution in [1.29, 1.82) is 5.26 Å². The second-order valence-corrected chi connectivity index (χ2v) is 10.2. The highest BCUT2D eigenvalue weighted by molar-refractivity contribution is 5.95. The molecule has 1 aliphatic rings. The van der Waals surface area contributed by atoms with Crippen LogP contribution in [0.4, 0.5) is 18.0 Å². The quantitative estimate of drug-likeness (QED) is 0.298. The van der Waals surface area contributed by atoms with E-state index in [-0.39, 0.29) is 12.6 Å². The second kappa shape index (κ2) is 12.7. The molecule has 214 valence electrons. The fourth-order valence-electron chi connectivity index (χ4n) is 5.42. The van der Waals surface area contributed by atoms with Crippen LogP contribution in [0.3, 0.4) is 0 Å². The largest absolute Gasteiger partial charge is 0.496 e. The van der Waals surface area contributed by atoms with Crippen molar-refractivity contribution in [2.45, 2.75) is 51.9 Å². The Labute approximate surface area is 232 Å². The Bertz CT molecular complexity index is 1360. The molecule has 4 rings (SSSR count). The van der Waals surface area contributed by atoms with Crippen molar-refractivity contribution in [2.75, 3.05) is 39.9 Å². The summed E-state index contributed by atoms with van der Waals surface area (Å²) < 4.78 is 52.9. The number of aromatic nitrogens is 1. The van der Waals surface area contributed by atoms with E-state index in [0.29, 0.717) is 44.0 Å². The normalized spacial score (nSPS) is 17.0. The number of carbonyl (C=O) groups is 1. The van der Waals surface area contributed by atoms with E-state index < -0.39 is 18.8 Å². The van der Waals surface area contributed by atoms with Gasteiger partial charge in [0.25, 0.3) is 0 Å². The summed E-state index contributed by atoms with van der Waals surface area (Å²) in [6.07, 6.45) is -0.802. The molecule has 1 unspecified atom stereocenters. The monoisotopic (exact) mass is 556 g/mol. The number of nitriles is 1. The minimum atomic E-state index is -4.30. The minimum absolute atomic E-state index is 0.188. The molecule has 1 fully saturated rings. The number of aryl methyl sites for hydroxylation is 1. The van der Waals surface area contributed by atoms with Gasteiger partial charge in [0.2, 0.25) is 0 Å². The van der Waals surface area contributed by atoms with Crippen LogP contribution < -0.4 is 4.74 Å². The predicted octanol–water partition coefficient (Wildman–Crippen LogP) is 6.43. The first-order chi connectivity index (χ1) is 19.1. The van der Waals surface area contributed by atoms with Gasteiger partial charge in [-0.3, -0.25) is 14.4 Å². The summed E-state index contributed by atoms with van der Waals surface area (Å²) in [5, 5.41) is 10.1. The van der Waals surface area contributed by atoms with Crippen molar-refractivity contribution in [1.82, 2.24) is 14.4 Å². The molecule has 3 aromatic rings. The molecule has 1 aliphatic heterocycles. The van der Waals surface area contributed by atoms with Crippen LogP contribution in [0.5, 0.6) is 5.75 Å². The molecule has 0 N–H and O–H groups in total. The van der Waals surface area contributed by atoms with Crippen molar-refractivity contribution >= 4 is 17.0 Å². The molecule has 0 radical (unpaired) electrons. The number of nitrogens with zero attached hydrogens (tertiary/aromatic N) is 4. The molecule has 2 heterocycles. The molecular weight excluding hydrogens is 521 g/mol. The highest BCUT2D eigenvalue weighted by atomic mass is 19.4. The van der Waals surface area contributed by atoms with E-state index in [0.717, 1.165) is 40.4 Å². The average molecular weight is 557 g/mol. The Morgan fingerprint density at radius 2 is 1.93 bits per heavy atom. The maximum atomic E-state index is 13.4. The highest BCUT2D eigenvalue weighted by Gasteiger charge is 2.35.